The van der Waals surface area contributed by atoms with Crippen LogP contribution < -0.4 is 0 Å². The van der Waals surface area contributed by atoms with E-state index in [2.05, 4.69) is 12.1 Å². The van der Waals surface area contributed by atoms with Crippen molar-refractivity contribution in [2.75, 3.05) is 19.0 Å². The molecule has 0 bridgehead atoms. The summed E-state index contributed by atoms with van der Waals surface area (Å²) in [7, 11) is 0. The molecule has 1 atom stereocenters. The predicted octanol–water partition coefficient (Wildman–Crippen LogP) is 2.30. The molecule has 0 fully saturated rings. The number of benzene rings is 1. The molecular formula is C11H16ClNO2S. The van der Waals surface area contributed by atoms with Gasteiger partial charge in [-0.05, 0) is 18.4 Å². The quantitative estimate of drug-likeness (QED) is 0.604. The Morgan fingerprint density at radius 3 is 2.50 bits per heavy atom. The molecule has 0 aromatic heterocycles. The first-order valence-electron chi connectivity index (χ1n) is 5.20. The van der Waals surface area contributed by atoms with Gasteiger partial charge in [0.2, 0.25) is 11.3 Å². The topological polar surface area (TPSA) is 40.5 Å². The smallest absolute Gasteiger partial charge is 0.234 e. The van der Waals surface area contributed by atoms with Crippen LogP contribution in [0.3, 0.4) is 0 Å². The number of aryl methyl sites for hydroxylation is 1. The van der Waals surface area contributed by atoms with Crippen molar-refractivity contribution in [2.24, 2.45) is 0 Å². The lowest BCUT2D eigenvalue weighted by Crippen LogP contribution is -2.29. The summed E-state index contributed by atoms with van der Waals surface area (Å²) in [5.41, 5.74) is 1.25. The van der Waals surface area contributed by atoms with Crippen LogP contribution in [0, 0.1) is 0 Å². The number of alkyl halides is 1. The summed E-state index contributed by atoms with van der Waals surface area (Å²) in [6.45, 7) is 1.03. The molecule has 1 aromatic rings. The van der Waals surface area contributed by atoms with E-state index in [9.17, 15) is 4.21 Å². The molecular weight excluding hydrogens is 246 g/mol. The molecule has 0 radical (unpaired) electrons. The fourth-order valence-corrected chi connectivity index (χ4v) is 2.30. The molecule has 5 heteroatoms. The highest BCUT2D eigenvalue weighted by Crippen LogP contribution is 2.04. The van der Waals surface area contributed by atoms with Crippen LogP contribution in [-0.4, -0.2) is 32.0 Å². The highest BCUT2D eigenvalue weighted by molar-refractivity contribution is 7.76. The first-order valence-corrected chi connectivity index (χ1v) is 6.79. The van der Waals surface area contributed by atoms with Crippen LogP contribution >= 0.6 is 11.6 Å². The highest BCUT2D eigenvalue weighted by atomic mass is 35.5. The SMILES string of the molecule is O=S(O)N(CCCl)CCCc1ccccc1. The van der Waals surface area contributed by atoms with Gasteiger partial charge in [-0.3, -0.25) is 4.55 Å². The van der Waals surface area contributed by atoms with Crippen molar-refractivity contribution < 1.29 is 8.76 Å². The minimum Gasteiger partial charge on any atom is -0.294 e. The van der Waals surface area contributed by atoms with E-state index in [0.29, 0.717) is 19.0 Å². The van der Waals surface area contributed by atoms with Gasteiger partial charge >= 0.3 is 0 Å². The van der Waals surface area contributed by atoms with Crippen LogP contribution in [0.4, 0.5) is 0 Å². The maximum Gasteiger partial charge on any atom is 0.234 e. The van der Waals surface area contributed by atoms with Crippen LogP contribution in [0.25, 0.3) is 0 Å². The van der Waals surface area contributed by atoms with Crippen molar-refractivity contribution in [1.29, 1.82) is 0 Å². The Kier molecular flexibility index (Phi) is 6.64. The molecule has 1 rings (SSSR count). The largest absolute Gasteiger partial charge is 0.294 e. The lowest BCUT2D eigenvalue weighted by Gasteiger charge is -2.15. The monoisotopic (exact) mass is 261 g/mol. The van der Waals surface area contributed by atoms with Crippen molar-refractivity contribution >= 4 is 22.9 Å². The summed E-state index contributed by atoms with van der Waals surface area (Å²) in [5, 5.41) is 0. The zero-order valence-electron chi connectivity index (χ0n) is 9.01. The highest BCUT2D eigenvalue weighted by Gasteiger charge is 2.09. The van der Waals surface area contributed by atoms with Crippen molar-refractivity contribution in [3.05, 3.63) is 35.9 Å². The maximum atomic E-state index is 10.9. The zero-order chi connectivity index (χ0) is 11.8. The first kappa shape index (κ1) is 13.6. The minimum atomic E-state index is -1.91. The van der Waals surface area contributed by atoms with E-state index in [0.717, 1.165) is 12.8 Å². The summed E-state index contributed by atoms with van der Waals surface area (Å²) >= 11 is 3.64. The second-order valence-electron chi connectivity index (χ2n) is 3.44. The zero-order valence-corrected chi connectivity index (χ0v) is 10.6. The van der Waals surface area contributed by atoms with E-state index in [1.54, 1.807) is 0 Å². The summed E-state index contributed by atoms with van der Waals surface area (Å²) < 4.78 is 21.4. The summed E-state index contributed by atoms with van der Waals surface area (Å²) in [6.07, 6.45) is 1.77. The van der Waals surface area contributed by atoms with Gasteiger partial charge in [-0.15, -0.1) is 11.6 Å². The Balaban J connectivity index is 2.31. The number of hydrogen-bond donors (Lipinski definition) is 1. The normalized spacial score (nSPS) is 12.9. The van der Waals surface area contributed by atoms with E-state index in [1.165, 1.54) is 9.87 Å². The summed E-state index contributed by atoms with van der Waals surface area (Å²) in [4.78, 5) is 0. The second kappa shape index (κ2) is 7.79. The Labute approximate surface area is 104 Å². The third-order valence-electron chi connectivity index (χ3n) is 2.27. The van der Waals surface area contributed by atoms with Crippen LogP contribution in [0.15, 0.2) is 30.3 Å². The Bertz CT molecular complexity index is 321. The molecule has 0 aliphatic carbocycles. The Hall–Kier alpha value is -0.420. The Morgan fingerprint density at radius 2 is 1.94 bits per heavy atom. The van der Waals surface area contributed by atoms with E-state index in [1.807, 2.05) is 18.2 Å². The van der Waals surface area contributed by atoms with Crippen LogP contribution in [0.1, 0.15) is 12.0 Å². The average molecular weight is 262 g/mol. The third kappa shape index (κ3) is 5.07. The van der Waals surface area contributed by atoms with Crippen LogP contribution in [0.5, 0.6) is 0 Å². The van der Waals surface area contributed by atoms with Gasteiger partial charge in [-0.1, -0.05) is 30.3 Å². The van der Waals surface area contributed by atoms with Gasteiger partial charge in [-0.25, -0.2) is 8.51 Å². The van der Waals surface area contributed by atoms with Crippen molar-refractivity contribution in [3.8, 4) is 0 Å². The molecule has 90 valence electrons. The third-order valence-corrected chi connectivity index (χ3v) is 3.25. The molecule has 0 saturated carbocycles. The van der Waals surface area contributed by atoms with Crippen LogP contribution in [-0.2, 0) is 17.7 Å². The summed E-state index contributed by atoms with van der Waals surface area (Å²) in [6, 6.07) is 10.1. The number of halogens is 1. The average Bonchev–Trinajstić information content (AvgIpc) is 2.29. The van der Waals surface area contributed by atoms with Gasteiger partial charge in [0.1, 0.15) is 0 Å². The van der Waals surface area contributed by atoms with Gasteiger partial charge in [0.15, 0.2) is 0 Å². The molecule has 0 spiro atoms. The number of rotatable bonds is 7. The van der Waals surface area contributed by atoms with Gasteiger partial charge in [0, 0.05) is 19.0 Å². The minimum absolute atomic E-state index is 0.373. The standard InChI is InChI=1S/C11H16ClNO2S/c12-8-10-13(16(14)15)9-4-7-11-5-2-1-3-6-11/h1-3,5-6H,4,7-10H2,(H,14,15). The van der Waals surface area contributed by atoms with E-state index in [-0.39, 0.29) is 0 Å². The molecule has 1 N–H and O–H groups in total. The number of hydrogen-bond acceptors (Lipinski definition) is 1. The van der Waals surface area contributed by atoms with Crippen molar-refractivity contribution in [3.63, 3.8) is 0 Å². The molecule has 0 aliphatic heterocycles. The molecule has 0 saturated heterocycles. The molecule has 0 aliphatic rings. The fraction of sp³-hybridized carbons (Fsp3) is 0.455. The molecule has 1 aromatic carbocycles. The summed E-state index contributed by atoms with van der Waals surface area (Å²) in [5.74, 6) is 0.373. The van der Waals surface area contributed by atoms with Gasteiger partial charge in [0.05, 0.1) is 0 Å². The van der Waals surface area contributed by atoms with Gasteiger partial charge in [-0.2, -0.15) is 0 Å². The predicted molar refractivity (Wildman–Crippen MR) is 67.8 cm³/mol. The molecule has 1 unspecified atom stereocenters. The number of nitrogens with zero attached hydrogens (tertiary/aromatic N) is 1. The van der Waals surface area contributed by atoms with Crippen molar-refractivity contribution in [2.45, 2.75) is 12.8 Å². The van der Waals surface area contributed by atoms with Gasteiger partial charge < -0.3 is 0 Å². The lowest BCUT2D eigenvalue weighted by molar-refractivity contribution is 0.406. The van der Waals surface area contributed by atoms with E-state index < -0.39 is 11.3 Å². The molecule has 3 nitrogen and oxygen atoms in total. The van der Waals surface area contributed by atoms with Gasteiger partial charge in [0.25, 0.3) is 0 Å². The molecule has 0 amide bonds. The molecule has 16 heavy (non-hydrogen) atoms. The van der Waals surface area contributed by atoms with Crippen LogP contribution in [0.2, 0.25) is 0 Å². The van der Waals surface area contributed by atoms with Crippen molar-refractivity contribution in [1.82, 2.24) is 4.31 Å². The first-order chi connectivity index (χ1) is 7.74. The maximum absolute atomic E-state index is 10.9. The van der Waals surface area contributed by atoms with E-state index >= 15 is 0 Å². The second-order valence-corrected chi connectivity index (χ2v) is 4.79. The fourth-order valence-electron chi connectivity index (χ4n) is 1.47. The molecule has 0 heterocycles. The van der Waals surface area contributed by atoms with E-state index in [4.69, 9.17) is 16.2 Å². The lowest BCUT2D eigenvalue weighted by atomic mass is 10.1. The Morgan fingerprint density at radius 1 is 1.25 bits per heavy atom.